The molecule has 0 radical (unpaired) electrons. The van der Waals surface area contributed by atoms with Crippen LogP contribution in [0.1, 0.15) is 35.3 Å². The maximum absolute atomic E-state index is 11.3. The van der Waals surface area contributed by atoms with Gasteiger partial charge < -0.3 is 14.4 Å². The molecule has 0 amide bonds. The number of methoxy groups -OCH3 is 1. The van der Waals surface area contributed by atoms with Crippen molar-refractivity contribution < 1.29 is 14.6 Å². The van der Waals surface area contributed by atoms with Crippen LogP contribution in [0.15, 0.2) is 6.20 Å². The molecule has 0 aromatic carbocycles. The van der Waals surface area contributed by atoms with Crippen molar-refractivity contribution in [3.8, 4) is 0 Å². The van der Waals surface area contributed by atoms with Gasteiger partial charge >= 0.3 is 5.97 Å². The smallest absolute Gasteiger partial charge is 0.374 e. The third-order valence-corrected chi connectivity index (χ3v) is 2.46. The standard InChI is InChI=1S/C9H12N2O3/c1-14-9(13)8-10-5-6-7(12)3-2-4-11(6)8/h5,7,12H,2-4H2,1H3/t7-/m1/s1. The van der Waals surface area contributed by atoms with Crippen molar-refractivity contribution in [3.63, 3.8) is 0 Å². The highest BCUT2D eigenvalue weighted by Crippen LogP contribution is 2.25. The molecule has 0 bridgehead atoms. The Morgan fingerprint density at radius 3 is 3.29 bits per heavy atom. The molecule has 1 aliphatic heterocycles. The minimum absolute atomic E-state index is 0.279. The summed E-state index contributed by atoms with van der Waals surface area (Å²) in [5, 5.41) is 9.62. The SMILES string of the molecule is COC(=O)c1ncc2n1CCC[C@H]2O. The van der Waals surface area contributed by atoms with Crippen LogP contribution in [-0.2, 0) is 11.3 Å². The van der Waals surface area contributed by atoms with E-state index >= 15 is 0 Å². The van der Waals surface area contributed by atoms with Crippen molar-refractivity contribution in [2.24, 2.45) is 0 Å². The van der Waals surface area contributed by atoms with E-state index in [-0.39, 0.29) is 5.82 Å². The van der Waals surface area contributed by atoms with Gasteiger partial charge in [0, 0.05) is 6.54 Å². The van der Waals surface area contributed by atoms with E-state index in [2.05, 4.69) is 9.72 Å². The molecule has 0 saturated carbocycles. The van der Waals surface area contributed by atoms with E-state index in [9.17, 15) is 9.90 Å². The van der Waals surface area contributed by atoms with Crippen molar-refractivity contribution in [1.82, 2.24) is 9.55 Å². The average molecular weight is 196 g/mol. The summed E-state index contributed by atoms with van der Waals surface area (Å²) >= 11 is 0. The number of imidazole rings is 1. The minimum atomic E-state index is -0.505. The maximum Gasteiger partial charge on any atom is 0.374 e. The van der Waals surface area contributed by atoms with Crippen molar-refractivity contribution in [1.29, 1.82) is 0 Å². The number of aliphatic hydroxyl groups excluding tert-OH is 1. The highest BCUT2D eigenvalue weighted by molar-refractivity contribution is 5.85. The minimum Gasteiger partial charge on any atom is -0.463 e. The van der Waals surface area contributed by atoms with Gasteiger partial charge in [0.25, 0.3) is 0 Å². The first kappa shape index (κ1) is 9.21. The quantitative estimate of drug-likeness (QED) is 0.664. The lowest BCUT2D eigenvalue weighted by atomic mass is 10.1. The Morgan fingerprint density at radius 1 is 1.79 bits per heavy atom. The zero-order valence-electron chi connectivity index (χ0n) is 7.93. The van der Waals surface area contributed by atoms with Gasteiger partial charge in [-0.3, -0.25) is 0 Å². The molecule has 0 saturated heterocycles. The summed E-state index contributed by atoms with van der Waals surface area (Å²) in [5.41, 5.74) is 0.705. The van der Waals surface area contributed by atoms with Gasteiger partial charge in [0.2, 0.25) is 5.82 Å². The van der Waals surface area contributed by atoms with E-state index in [4.69, 9.17) is 0 Å². The van der Waals surface area contributed by atoms with Crippen LogP contribution in [0.25, 0.3) is 0 Å². The first-order valence-corrected chi connectivity index (χ1v) is 4.56. The molecular formula is C9H12N2O3. The van der Waals surface area contributed by atoms with Gasteiger partial charge in [-0.2, -0.15) is 0 Å². The molecule has 2 rings (SSSR count). The van der Waals surface area contributed by atoms with Crippen LogP contribution in [0.2, 0.25) is 0 Å². The van der Waals surface area contributed by atoms with Crippen LogP contribution < -0.4 is 0 Å². The Morgan fingerprint density at radius 2 is 2.57 bits per heavy atom. The second-order valence-electron chi connectivity index (χ2n) is 3.31. The number of rotatable bonds is 1. The Labute approximate surface area is 81.3 Å². The first-order valence-electron chi connectivity index (χ1n) is 4.56. The van der Waals surface area contributed by atoms with E-state index in [1.165, 1.54) is 13.3 Å². The van der Waals surface area contributed by atoms with E-state index < -0.39 is 12.1 Å². The number of aliphatic hydroxyl groups is 1. The summed E-state index contributed by atoms with van der Waals surface area (Å²) in [6.07, 6.45) is 2.62. The molecule has 76 valence electrons. The number of nitrogens with zero attached hydrogens (tertiary/aromatic N) is 2. The molecule has 1 aromatic heterocycles. The molecule has 1 aliphatic rings. The van der Waals surface area contributed by atoms with Crippen LogP contribution in [0.3, 0.4) is 0 Å². The molecule has 0 aliphatic carbocycles. The van der Waals surface area contributed by atoms with Gasteiger partial charge in [-0.05, 0) is 12.8 Å². The van der Waals surface area contributed by atoms with Crippen molar-refractivity contribution >= 4 is 5.97 Å². The number of carbonyl (C=O) groups is 1. The predicted octanol–water partition coefficient (Wildman–Crippen LogP) is 0.497. The fraction of sp³-hybridized carbons (Fsp3) is 0.556. The highest BCUT2D eigenvalue weighted by Gasteiger charge is 2.24. The van der Waals surface area contributed by atoms with Gasteiger partial charge in [-0.15, -0.1) is 0 Å². The second-order valence-corrected chi connectivity index (χ2v) is 3.31. The van der Waals surface area contributed by atoms with E-state index in [0.717, 1.165) is 19.4 Å². The number of aromatic nitrogens is 2. The Hall–Kier alpha value is -1.36. The Kier molecular flexibility index (Phi) is 2.25. The fourth-order valence-corrected chi connectivity index (χ4v) is 1.73. The zero-order chi connectivity index (χ0) is 10.1. The van der Waals surface area contributed by atoms with Crippen molar-refractivity contribution in [2.45, 2.75) is 25.5 Å². The van der Waals surface area contributed by atoms with Crippen LogP contribution >= 0.6 is 0 Å². The van der Waals surface area contributed by atoms with E-state index in [1.807, 2.05) is 0 Å². The monoisotopic (exact) mass is 196 g/mol. The topological polar surface area (TPSA) is 64.3 Å². The number of hydrogen-bond acceptors (Lipinski definition) is 4. The van der Waals surface area contributed by atoms with E-state index in [1.54, 1.807) is 4.57 Å². The number of carbonyl (C=O) groups excluding carboxylic acids is 1. The summed E-state index contributed by atoms with van der Waals surface area (Å²) in [7, 11) is 1.32. The van der Waals surface area contributed by atoms with Crippen LogP contribution in [0.5, 0.6) is 0 Å². The van der Waals surface area contributed by atoms with Crippen LogP contribution in [0.4, 0.5) is 0 Å². The second kappa shape index (κ2) is 3.42. The molecule has 14 heavy (non-hydrogen) atoms. The molecule has 2 heterocycles. The maximum atomic E-state index is 11.3. The molecule has 0 spiro atoms. The molecule has 1 aromatic rings. The van der Waals surface area contributed by atoms with E-state index in [0.29, 0.717) is 5.69 Å². The molecular weight excluding hydrogens is 184 g/mol. The van der Waals surface area contributed by atoms with Crippen LogP contribution in [-0.4, -0.2) is 27.7 Å². The van der Waals surface area contributed by atoms with Gasteiger partial charge in [0.15, 0.2) is 0 Å². The Balaban J connectivity index is 2.40. The number of hydrogen-bond donors (Lipinski definition) is 1. The fourth-order valence-electron chi connectivity index (χ4n) is 1.73. The van der Waals surface area contributed by atoms with Gasteiger partial charge in [-0.25, -0.2) is 9.78 Å². The molecule has 5 heteroatoms. The summed E-state index contributed by atoms with van der Waals surface area (Å²) in [6, 6.07) is 0. The van der Waals surface area contributed by atoms with Gasteiger partial charge in [0.05, 0.1) is 25.1 Å². The summed E-state index contributed by atoms with van der Waals surface area (Å²) < 4.78 is 6.31. The third-order valence-electron chi connectivity index (χ3n) is 2.46. The Bertz CT molecular complexity index is 359. The summed E-state index contributed by atoms with van der Waals surface area (Å²) in [5.74, 6) is -0.174. The zero-order valence-corrected chi connectivity index (χ0v) is 7.93. The average Bonchev–Trinajstić information content (AvgIpc) is 2.62. The normalized spacial score (nSPS) is 20.3. The lowest BCUT2D eigenvalue weighted by molar-refractivity contribution is 0.0575. The van der Waals surface area contributed by atoms with Crippen molar-refractivity contribution in [3.05, 3.63) is 17.7 Å². The third kappa shape index (κ3) is 1.29. The largest absolute Gasteiger partial charge is 0.463 e. The molecule has 0 unspecified atom stereocenters. The van der Waals surface area contributed by atoms with Gasteiger partial charge in [0.1, 0.15) is 0 Å². The lowest BCUT2D eigenvalue weighted by Crippen LogP contribution is -2.19. The van der Waals surface area contributed by atoms with Crippen LogP contribution in [0, 0.1) is 0 Å². The molecule has 0 fully saturated rings. The number of ether oxygens (including phenoxy) is 1. The number of fused-ring (bicyclic) bond motifs is 1. The highest BCUT2D eigenvalue weighted by atomic mass is 16.5. The summed E-state index contributed by atoms with van der Waals surface area (Å²) in [6.45, 7) is 0.719. The lowest BCUT2D eigenvalue weighted by Gasteiger charge is -2.20. The molecule has 1 N–H and O–H groups in total. The van der Waals surface area contributed by atoms with Crippen molar-refractivity contribution in [2.75, 3.05) is 7.11 Å². The molecule has 5 nitrogen and oxygen atoms in total. The van der Waals surface area contributed by atoms with Gasteiger partial charge in [-0.1, -0.05) is 0 Å². The predicted molar refractivity (Wildman–Crippen MR) is 47.8 cm³/mol. The first-order chi connectivity index (χ1) is 6.74. The summed E-state index contributed by atoms with van der Waals surface area (Å²) in [4.78, 5) is 15.2. The molecule has 1 atom stereocenters. The number of esters is 1.